The van der Waals surface area contributed by atoms with Crippen LogP contribution >= 0.6 is 0 Å². The maximum atomic E-state index is 13.0. The van der Waals surface area contributed by atoms with Crippen LogP contribution in [0.2, 0.25) is 0 Å². The van der Waals surface area contributed by atoms with Crippen LogP contribution in [0.3, 0.4) is 0 Å². The summed E-state index contributed by atoms with van der Waals surface area (Å²) in [5.41, 5.74) is 3.24. The quantitative estimate of drug-likeness (QED) is 0.205. The molecule has 0 N–H and O–H groups in total. The Labute approximate surface area is 198 Å². The molecule has 6 nitrogen and oxygen atoms in total. The second-order valence-electron chi connectivity index (χ2n) is 7.91. The molecule has 34 heavy (non-hydrogen) atoms. The van der Waals surface area contributed by atoms with Gasteiger partial charge < -0.3 is 14.2 Å². The van der Waals surface area contributed by atoms with Crippen molar-refractivity contribution in [2.75, 3.05) is 13.7 Å². The SMILES string of the molecule is C#CCOc1ccc2nc(C(=O)Oc3cccc(OC)c3)nc(-c3ccc(C(C)C)cc3)c2c1. The highest BCUT2D eigenvalue weighted by atomic mass is 16.5. The lowest BCUT2D eigenvalue weighted by Crippen LogP contribution is -2.14. The summed E-state index contributed by atoms with van der Waals surface area (Å²) in [6, 6.07) is 20.3. The van der Waals surface area contributed by atoms with Crippen molar-refractivity contribution in [1.29, 1.82) is 0 Å². The van der Waals surface area contributed by atoms with E-state index in [0.29, 0.717) is 34.4 Å². The highest BCUT2D eigenvalue weighted by molar-refractivity contribution is 5.97. The van der Waals surface area contributed by atoms with E-state index in [9.17, 15) is 4.79 Å². The van der Waals surface area contributed by atoms with E-state index < -0.39 is 5.97 Å². The summed E-state index contributed by atoms with van der Waals surface area (Å²) in [7, 11) is 1.55. The zero-order chi connectivity index (χ0) is 24.1. The van der Waals surface area contributed by atoms with Gasteiger partial charge in [0.05, 0.1) is 18.3 Å². The number of carbonyl (C=O) groups excluding carboxylic acids is 1. The molecule has 1 aromatic heterocycles. The van der Waals surface area contributed by atoms with Gasteiger partial charge in [-0.1, -0.05) is 50.1 Å². The van der Waals surface area contributed by atoms with E-state index in [1.807, 2.05) is 18.2 Å². The summed E-state index contributed by atoms with van der Waals surface area (Å²) in [6.07, 6.45) is 5.32. The standard InChI is InChI=1S/C28H24N2O4/c1-5-15-33-22-13-14-25-24(17-22)26(20-11-9-19(10-12-20)18(2)3)30-27(29-25)28(31)34-23-8-6-7-21(16-23)32-4/h1,6-14,16-18H,15H2,2-4H3. The van der Waals surface area contributed by atoms with Crippen molar-refractivity contribution in [3.63, 3.8) is 0 Å². The number of benzene rings is 3. The number of hydrogen-bond donors (Lipinski definition) is 0. The lowest BCUT2D eigenvalue weighted by molar-refractivity contribution is 0.0722. The van der Waals surface area contributed by atoms with E-state index >= 15 is 0 Å². The minimum Gasteiger partial charge on any atom is -0.497 e. The third-order valence-corrected chi connectivity index (χ3v) is 5.27. The minimum absolute atomic E-state index is 0.0458. The zero-order valence-electron chi connectivity index (χ0n) is 19.2. The number of fused-ring (bicyclic) bond motifs is 1. The molecule has 0 bridgehead atoms. The number of terminal acetylenes is 1. The molecule has 0 amide bonds. The summed E-state index contributed by atoms with van der Waals surface area (Å²) in [5.74, 6) is 3.66. The summed E-state index contributed by atoms with van der Waals surface area (Å²) in [4.78, 5) is 22.0. The fraction of sp³-hybridized carbons (Fsp3) is 0.179. The summed E-state index contributed by atoms with van der Waals surface area (Å²) >= 11 is 0. The number of esters is 1. The molecule has 0 saturated heterocycles. The number of rotatable bonds is 7. The Morgan fingerprint density at radius 3 is 2.44 bits per heavy atom. The summed E-state index contributed by atoms with van der Waals surface area (Å²) in [6.45, 7) is 4.42. The second-order valence-corrected chi connectivity index (χ2v) is 7.91. The molecular formula is C28H24N2O4. The minimum atomic E-state index is -0.664. The Hall–Kier alpha value is -4.37. The van der Waals surface area contributed by atoms with E-state index in [4.69, 9.17) is 20.6 Å². The number of carbonyl (C=O) groups is 1. The summed E-state index contributed by atoms with van der Waals surface area (Å²) < 4.78 is 16.3. The predicted molar refractivity (Wildman–Crippen MR) is 131 cm³/mol. The highest BCUT2D eigenvalue weighted by Crippen LogP contribution is 2.31. The molecule has 0 atom stereocenters. The monoisotopic (exact) mass is 452 g/mol. The smallest absolute Gasteiger partial charge is 0.381 e. The summed E-state index contributed by atoms with van der Waals surface area (Å²) in [5, 5.41) is 0.741. The lowest BCUT2D eigenvalue weighted by Gasteiger charge is -2.12. The van der Waals surface area contributed by atoms with Crippen molar-refractivity contribution in [3.8, 4) is 40.8 Å². The molecule has 3 aromatic carbocycles. The lowest BCUT2D eigenvalue weighted by atomic mass is 9.99. The molecule has 1 heterocycles. The van der Waals surface area contributed by atoms with E-state index in [1.165, 1.54) is 5.56 Å². The molecule has 0 unspecified atom stereocenters. The third-order valence-electron chi connectivity index (χ3n) is 5.27. The van der Waals surface area contributed by atoms with E-state index in [-0.39, 0.29) is 12.4 Å². The Morgan fingerprint density at radius 2 is 1.74 bits per heavy atom. The van der Waals surface area contributed by atoms with Crippen molar-refractivity contribution < 1.29 is 19.0 Å². The number of hydrogen-bond acceptors (Lipinski definition) is 6. The van der Waals surface area contributed by atoms with Gasteiger partial charge in [-0.2, -0.15) is 0 Å². The van der Waals surface area contributed by atoms with Gasteiger partial charge in [0.25, 0.3) is 0 Å². The fourth-order valence-corrected chi connectivity index (χ4v) is 3.48. The van der Waals surface area contributed by atoms with Crippen LogP contribution in [0.1, 0.15) is 35.9 Å². The molecule has 0 aliphatic rings. The van der Waals surface area contributed by atoms with Crippen molar-refractivity contribution >= 4 is 16.9 Å². The van der Waals surface area contributed by atoms with Crippen molar-refractivity contribution in [3.05, 3.63) is 78.1 Å². The molecule has 0 aliphatic heterocycles. The zero-order valence-corrected chi connectivity index (χ0v) is 19.2. The number of aromatic nitrogens is 2. The Bertz CT molecular complexity index is 1370. The van der Waals surface area contributed by atoms with E-state index in [1.54, 1.807) is 43.5 Å². The molecule has 0 fully saturated rings. The molecule has 170 valence electrons. The average molecular weight is 453 g/mol. The highest BCUT2D eigenvalue weighted by Gasteiger charge is 2.18. The van der Waals surface area contributed by atoms with Crippen LogP contribution in [-0.4, -0.2) is 29.7 Å². The Kier molecular flexibility index (Phi) is 6.74. The molecular weight excluding hydrogens is 428 g/mol. The predicted octanol–water partition coefficient (Wildman–Crippen LogP) is 5.66. The van der Waals surface area contributed by atoms with E-state index in [2.05, 4.69) is 41.9 Å². The van der Waals surface area contributed by atoms with Gasteiger partial charge >= 0.3 is 5.97 Å². The number of ether oxygens (including phenoxy) is 3. The number of methoxy groups -OCH3 is 1. The first-order chi connectivity index (χ1) is 16.5. The van der Waals surface area contributed by atoms with Crippen LogP contribution in [0.25, 0.3) is 22.2 Å². The van der Waals surface area contributed by atoms with Crippen LogP contribution < -0.4 is 14.2 Å². The molecule has 4 aromatic rings. The Morgan fingerprint density at radius 1 is 0.971 bits per heavy atom. The molecule has 0 saturated carbocycles. The van der Waals surface area contributed by atoms with Gasteiger partial charge in [0.15, 0.2) is 0 Å². The first-order valence-electron chi connectivity index (χ1n) is 10.8. The van der Waals surface area contributed by atoms with Gasteiger partial charge in [-0.3, -0.25) is 0 Å². The van der Waals surface area contributed by atoms with Gasteiger partial charge in [0.1, 0.15) is 23.9 Å². The van der Waals surface area contributed by atoms with Gasteiger partial charge in [-0.05, 0) is 41.8 Å². The van der Waals surface area contributed by atoms with Crippen LogP contribution in [0.5, 0.6) is 17.2 Å². The van der Waals surface area contributed by atoms with Crippen molar-refractivity contribution in [1.82, 2.24) is 9.97 Å². The first kappa shape index (κ1) is 22.8. The molecule has 0 aliphatic carbocycles. The van der Waals surface area contributed by atoms with Crippen LogP contribution in [0, 0.1) is 12.3 Å². The largest absolute Gasteiger partial charge is 0.497 e. The number of nitrogens with zero attached hydrogens (tertiary/aromatic N) is 2. The van der Waals surface area contributed by atoms with Crippen molar-refractivity contribution in [2.24, 2.45) is 0 Å². The maximum absolute atomic E-state index is 13.0. The maximum Gasteiger partial charge on any atom is 0.381 e. The van der Waals surface area contributed by atoms with Gasteiger partial charge in [-0.25, -0.2) is 14.8 Å². The van der Waals surface area contributed by atoms with Gasteiger partial charge in [0.2, 0.25) is 5.82 Å². The average Bonchev–Trinajstić information content (AvgIpc) is 2.86. The third kappa shape index (κ3) is 5.00. The normalized spacial score (nSPS) is 10.7. The van der Waals surface area contributed by atoms with Gasteiger partial charge in [0, 0.05) is 17.0 Å². The second kappa shape index (κ2) is 10.1. The molecule has 0 spiro atoms. The van der Waals surface area contributed by atoms with E-state index in [0.717, 1.165) is 10.9 Å². The molecule has 6 heteroatoms. The Balaban J connectivity index is 1.78. The van der Waals surface area contributed by atoms with Crippen LogP contribution in [0.4, 0.5) is 0 Å². The molecule has 4 rings (SSSR count). The topological polar surface area (TPSA) is 70.5 Å². The van der Waals surface area contributed by atoms with Crippen molar-refractivity contribution in [2.45, 2.75) is 19.8 Å². The fourth-order valence-electron chi connectivity index (χ4n) is 3.48. The van der Waals surface area contributed by atoms with Crippen LogP contribution in [-0.2, 0) is 0 Å². The first-order valence-corrected chi connectivity index (χ1v) is 10.8. The van der Waals surface area contributed by atoms with Gasteiger partial charge in [-0.15, -0.1) is 6.42 Å². The molecule has 0 radical (unpaired) electrons. The van der Waals surface area contributed by atoms with Crippen LogP contribution in [0.15, 0.2) is 66.7 Å².